The van der Waals surface area contributed by atoms with Gasteiger partial charge in [0.1, 0.15) is 23.6 Å². The molecular weight excluding hydrogens is 269 g/mol. The summed E-state index contributed by atoms with van der Waals surface area (Å²) in [5, 5.41) is 9.94. The molecule has 0 N–H and O–H groups in total. The molecule has 0 saturated heterocycles. The number of furan rings is 1. The van der Waals surface area contributed by atoms with Gasteiger partial charge in [0.25, 0.3) is 0 Å². The summed E-state index contributed by atoms with van der Waals surface area (Å²) in [6.07, 6.45) is 1.34. The van der Waals surface area contributed by atoms with E-state index in [4.69, 9.17) is 4.42 Å². The molecule has 3 aromatic rings. The number of Topliss-reactive ketones (excluding diaryl/α,β-unsaturated/α-hetero) is 1. The number of nitriles is 1. The standard InChI is InChI=1S/C17H10FNO2/c18-12-5-3-4-11(8-12)14(9-19)17(20)15-10-21-16-7-2-1-6-13(15)16/h1-8,10,14H. The zero-order valence-electron chi connectivity index (χ0n) is 10.9. The van der Waals surface area contributed by atoms with Gasteiger partial charge in [0, 0.05) is 5.39 Å². The van der Waals surface area contributed by atoms with Crippen LogP contribution in [0.5, 0.6) is 0 Å². The summed E-state index contributed by atoms with van der Waals surface area (Å²) in [7, 11) is 0. The molecule has 0 aliphatic carbocycles. The predicted molar refractivity (Wildman–Crippen MR) is 75.3 cm³/mol. The zero-order chi connectivity index (χ0) is 14.8. The normalized spacial score (nSPS) is 12.0. The number of hydrogen-bond donors (Lipinski definition) is 0. The van der Waals surface area contributed by atoms with E-state index in [1.54, 1.807) is 30.3 Å². The summed E-state index contributed by atoms with van der Waals surface area (Å²) in [5.74, 6) is -1.92. The first-order valence-corrected chi connectivity index (χ1v) is 6.36. The Labute approximate surface area is 120 Å². The van der Waals surface area contributed by atoms with Crippen LogP contribution in [-0.2, 0) is 0 Å². The second-order valence-corrected chi connectivity index (χ2v) is 4.63. The Morgan fingerprint density at radius 3 is 2.76 bits per heavy atom. The molecule has 0 radical (unpaired) electrons. The van der Waals surface area contributed by atoms with E-state index in [9.17, 15) is 14.4 Å². The van der Waals surface area contributed by atoms with E-state index in [0.29, 0.717) is 22.1 Å². The molecule has 0 aliphatic heterocycles. The molecule has 0 aliphatic rings. The van der Waals surface area contributed by atoms with Crippen molar-refractivity contribution in [3.63, 3.8) is 0 Å². The van der Waals surface area contributed by atoms with Gasteiger partial charge in [0.15, 0.2) is 5.78 Å². The van der Waals surface area contributed by atoms with Gasteiger partial charge in [-0.2, -0.15) is 5.26 Å². The molecule has 2 aromatic carbocycles. The lowest BCUT2D eigenvalue weighted by Crippen LogP contribution is -2.11. The number of halogens is 1. The molecule has 0 fully saturated rings. The first-order valence-electron chi connectivity index (χ1n) is 6.36. The van der Waals surface area contributed by atoms with Gasteiger partial charge in [0.05, 0.1) is 11.6 Å². The second kappa shape index (κ2) is 5.22. The molecule has 0 spiro atoms. The highest BCUT2D eigenvalue weighted by Crippen LogP contribution is 2.27. The highest BCUT2D eigenvalue weighted by Gasteiger charge is 2.25. The maximum absolute atomic E-state index is 13.3. The summed E-state index contributed by atoms with van der Waals surface area (Å²) in [5.41, 5.74) is 1.26. The van der Waals surface area contributed by atoms with Crippen molar-refractivity contribution in [2.45, 2.75) is 5.92 Å². The van der Waals surface area contributed by atoms with Gasteiger partial charge < -0.3 is 4.42 Å². The van der Waals surface area contributed by atoms with Gasteiger partial charge in [-0.3, -0.25) is 4.79 Å². The summed E-state index contributed by atoms with van der Waals surface area (Å²) in [6.45, 7) is 0. The van der Waals surface area contributed by atoms with Crippen molar-refractivity contribution < 1.29 is 13.6 Å². The molecule has 4 heteroatoms. The third-order valence-electron chi connectivity index (χ3n) is 3.32. The zero-order valence-corrected chi connectivity index (χ0v) is 10.9. The van der Waals surface area contributed by atoms with Crippen LogP contribution >= 0.6 is 0 Å². The quantitative estimate of drug-likeness (QED) is 0.679. The van der Waals surface area contributed by atoms with Gasteiger partial charge in [-0.1, -0.05) is 30.3 Å². The summed E-state index contributed by atoms with van der Waals surface area (Å²) in [4.78, 5) is 12.6. The highest BCUT2D eigenvalue weighted by molar-refractivity contribution is 6.11. The SMILES string of the molecule is N#CC(C(=O)c1coc2ccccc12)c1cccc(F)c1. The Morgan fingerprint density at radius 2 is 2.00 bits per heavy atom. The molecule has 0 bridgehead atoms. The summed E-state index contributed by atoms with van der Waals surface area (Å²) < 4.78 is 18.6. The molecule has 1 heterocycles. The molecule has 1 aromatic heterocycles. The van der Waals surface area contributed by atoms with E-state index in [1.165, 1.54) is 24.5 Å². The fourth-order valence-corrected chi connectivity index (χ4v) is 2.29. The number of ketones is 1. The van der Waals surface area contributed by atoms with Crippen LogP contribution in [0, 0.1) is 17.1 Å². The van der Waals surface area contributed by atoms with Gasteiger partial charge in [0.2, 0.25) is 0 Å². The molecule has 3 rings (SSSR count). The Balaban J connectivity index is 2.06. The average molecular weight is 279 g/mol. The fourth-order valence-electron chi connectivity index (χ4n) is 2.29. The van der Waals surface area contributed by atoms with Crippen LogP contribution in [0.2, 0.25) is 0 Å². The van der Waals surface area contributed by atoms with Crippen molar-refractivity contribution in [2.75, 3.05) is 0 Å². The largest absolute Gasteiger partial charge is 0.464 e. The van der Waals surface area contributed by atoms with Crippen LogP contribution in [0.4, 0.5) is 4.39 Å². The molecule has 0 saturated carbocycles. The maximum atomic E-state index is 13.3. The Kier molecular flexibility index (Phi) is 3.25. The van der Waals surface area contributed by atoms with E-state index in [-0.39, 0.29) is 0 Å². The molecule has 1 atom stereocenters. The van der Waals surface area contributed by atoms with E-state index < -0.39 is 17.5 Å². The molecule has 21 heavy (non-hydrogen) atoms. The predicted octanol–water partition coefficient (Wildman–Crippen LogP) is 4.06. The van der Waals surface area contributed by atoms with Crippen LogP contribution < -0.4 is 0 Å². The van der Waals surface area contributed by atoms with Crippen molar-refractivity contribution >= 4 is 16.8 Å². The average Bonchev–Trinajstić information content (AvgIpc) is 2.92. The first-order chi connectivity index (χ1) is 10.2. The third kappa shape index (κ3) is 2.30. The topological polar surface area (TPSA) is 54.0 Å². The van der Waals surface area contributed by atoms with E-state index in [1.807, 2.05) is 6.07 Å². The molecule has 0 amide bonds. The third-order valence-corrected chi connectivity index (χ3v) is 3.32. The lowest BCUT2D eigenvalue weighted by molar-refractivity contribution is 0.0979. The van der Waals surface area contributed by atoms with E-state index in [2.05, 4.69) is 0 Å². The van der Waals surface area contributed by atoms with Crippen molar-refractivity contribution in [1.82, 2.24) is 0 Å². The molecule has 102 valence electrons. The minimum absolute atomic E-state index is 0.335. The fraction of sp³-hybridized carbons (Fsp3) is 0.0588. The Morgan fingerprint density at radius 1 is 1.19 bits per heavy atom. The number of rotatable bonds is 3. The first kappa shape index (κ1) is 13.1. The smallest absolute Gasteiger partial charge is 0.188 e. The van der Waals surface area contributed by atoms with Crippen molar-refractivity contribution in [3.05, 3.63) is 71.7 Å². The number of carbonyl (C=O) groups excluding carboxylic acids is 1. The number of hydrogen-bond acceptors (Lipinski definition) is 3. The Bertz CT molecular complexity index is 860. The van der Waals surface area contributed by atoms with Gasteiger partial charge in [-0.25, -0.2) is 4.39 Å². The summed E-state index contributed by atoms with van der Waals surface area (Å²) >= 11 is 0. The molecule has 1 unspecified atom stereocenters. The van der Waals surface area contributed by atoms with Crippen LogP contribution in [0.15, 0.2) is 59.2 Å². The van der Waals surface area contributed by atoms with Crippen LogP contribution in [0.25, 0.3) is 11.0 Å². The van der Waals surface area contributed by atoms with Gasteiger partial charge in [-0.05, 0) is 23.8 Å². The number of fused-ring (bicyclic) bond motifs is 1. The van der Waals surface area contributed by atoms with Crippen molar-refractivity contribution in [2.24, 2.45) is 0 Å². The number of nitrogens with zero attached hydrogens (tertiary/aromatic N) is 1. The van der Waals surface area contributed by atoms with E-state index in [0.717, 1.165) is 0 Å². The van der Waals surface area contributed by atoms with Crippen molar-refractivity contribution in [3.8, 4) is 6.07 Å². The maximum Gasteiger partial charge on any atom is 0.188 e. The van der Waals surface area contributed by atoms with Crippen molar-refractivity contribution in [1.29, 1.82) is 5.26 Å². The second-order valence-electron chi connectivity index (χ2n) is 4.63. The van der Waals surface area contributed by atoms with Gasteiger partial charge in [-0.15, -0.1) is 0 Å². The minimum Gasteiger partial charge on any atom is -0.464 e. The van der Waals surface area contributed by atoms with Crippen LogP contribution in [0.1, 0.15) is 21.8 Å². The Hall–Kier alpha value is -2.93. The monoisotopic (exact) mass is 279 g/mol. The van der Waals surface area contributed by atoms with Crippen LogP contribution in [0.3, 0.4) is 0 Å². The lowest BCUT2D eigenvalue weighted by atomic mass is 9.91. The number of benzene rings is 2. The van der Waals surface area contributed by atoms with Gasteiger partial charge >= 0.3 is 0 Å². The summed E-state index contributed by atoms with van der Waals surface area (Å²) in [6, 6.07) is 14.6. The minimum atomic E-state index is -1.05. The number of para-hydroxylation sites is 1. The lowest BCUT2D eigenvalue weighted by Gasteiger charge is -2.07. The van der Waals surface area contributed by atoms with Crippen LogP contribution in [-0.4, -0.2) is 5.78 Å². The number of carbonyl (C=O) groups is 1. The molecular formula is C17H10FNO2. The van der Waals surface area contributed by atoms with E-state index >= 15 is 0 Å². The molecule has 3 nitrogen and oxygen atoms in total. The highest BCUT2D eigenvalue weighted by atomic mass is 19.1.